The summed E-state index contributed by atoms with van der Waals surface area (Å²) in [7, 11) is 0.370. The number of methoxy groups -OCH3 is 1. The Morgan fingerprint density at radius 3 is 2.67 bits per heavy atom. The maximum absolute atomic E-state index is 11.5. The normalized spacial score (nSPS) is 12.2. The van der Waals surface area contributed by atoms with E-state index in [2.05, 4.69) is 0 Å². The standard InChI is InChI=1S/C10H11ClO3S/c1-14-10-4-3-7(5-8(10)11)9(12)6-15(2)13/h3-5H,6H2,1-2H3. The minimum atomic E-state index is -1.13. The van der Waals surface area contributed by atoms with Crippen LogP contribution in [0.2, 0.25) is 5.02 Å². The molecule has 0 fully saturated rings. The highest BCUT2D eigenvalue weighted by Crippen LogP contribution is 2.25. The molecule has 1 unspecified atom stereocenters. The second kappa shape index (κ2) is 5.28. The molecule has 0 aliphatic heterocycles. The molecule has 0 aliphatic rings. The molecule has 0 spiro atoms. The predicted molar refractivity (Wildman–Crippen MR) is 61.3 cm³/mol. The molecule has 1 atom stereocenters. The molecule has 0 saturated carbocycles. The number of ketones is 1. The fraction of sp³-hybridized carbons (Fsp3) is 0.300. The van der Waals surface area contributed by atoms with Gasteiger partial charge in [-0.05, 0) is 18.2 Å². The van der Waals surface area contributed by atoms with Gasteiger partial charge in [0, 0.05) is 22.6 Å². The zero-order valence-corrected chi connectivity index (χ0v) is 10.0. The highest BCUT2D eigenvalue weighted by atomic mass is 35.5. The molecule has 82 valence electrons. The first-order valence-corrected chi connectivity index (χ1v) is 6.32. The first-order chi connectivity index (χ1) is 7.04. The summed E-state index contributed by atoms with van der Waals surface area (Å²) in [6.07, 6.45) is 1.49. The monoisotopic (exact) mass is 246 g/mol. The predicted octanol–water partition coefficient (Wildman–Crippen LogP) is 1.91. The van der Waals surface area contributed by atoms with Crippen LogP contribution in [0.4, 0.5) is 0 Å². The van der Waals surface area contributed by atoms with Crippen molar-refractivity contribution in [2.24, 2.45) is 0 Å². The SMILES string of the molecule is COc1ccc(C(=O)CS(C)=O)cc1Cl. The zero-order chi connectivity index (χ0) is 11.4. The first-order valence-electron chi connectivity index (χ1n) is 4.21. The summed E-state index contributed by atoms with van der Waals surface area (Å²) in [5, 5.41) is 0.380. The van der Waals surface area contributed by atoms with E-state index < -0.39 is 10.8 Å². The van der Waals surface area contributed by atoms with Gasteiger partial charge in [-0.25, -0.2) is 0 Å². The lowest BCUT2D eigenvalue weighted by molar-refractivity contribution is 0.102. The Balaban J connectivity index is 2.92. The Kier molecular flexibility index (Phi) is 4.29. The highest BCUT2D eigenvalue weighted by molar-refractivity contribution is 7.85. The number of carbonyl (C=O) groups is 1. The number of rotatable bonds is 4. The Bertz CT molecular complexity index is 404. The molecule has 1 rings (SSSR count). The van der Waals surface area contributed by atoms with Crippen LogP contribution in [0, 0.1) is 0 Å². The number of hydrogen-bond acceptors (Lipinski definition) is 3. The van der Waals surface area contributed by atoms with Gasteiger partial charge in [0.15, 0.2) is 5.78 Å². The summed E-state index contributed by atoms with van der Waals surface area (Å²) in [5.41, 5.74) is 0.455. The fourth-order valence-electron chi connectivity index (χ4n) is 1.11. The molecule has 0 heterocycles. The van der Waals surface area contributed by atoms with Gasteiger partial charge in [-0.1, -0.05) is 11.6 Å². The van der Waals surface area contributed by atoms with Crippen molar-refractivity contribution < 1.29 is 13.7 Å². The second-order valence-corrected chi connectivity index (χ2v) is 4.83. The molecule has 0 bridgehead atoms. The van der Waals surface area contributed by atoms with E-state index >= 15 is 0 Å². The van der Waals surface area contributed by atoms with Crippen molar-refractivity contribution in [3.63, 3.8) is 0 Å². The molecule has 0 aliphatic carbocycles. The van der Waals surface area contributed by atoms with Gasteiger partial charge in [-0.15, -0.1) is 0 Å². The van der Waals surface area contributed by atoms with Crippen molar-refractivity contribution in [2.75, 3.05) is 19.1 Å². The molecule has 0 radical (unpaired) electrons. The molecular weight excluding hydrogens is 236 g/mol. The van der Waals surface area contributed by atoms with Crippen molar-refractivity contribution in [3.05, 3.63) is 28.8 Å². The van der Waals surface area contributed by atoms with Gasteiger partial charge in [0.05, 0.1) is 17.9 Å². The average Bonchev–Trinajstić information content (AvgIpc) is 2.16. The topological polar surface area (TPSA) is 43.4 Å². The van der Waals surface area contributed by atoms with Gasteiger partial charge < -0.3 is 4.74 Å². The fourth-order valence-corrected chi connectivity index (χ4v) is 1.90. The number of benzene rings is 1. The maximum atomic E-state index is 11.5. The van der Waals surface area contributed by atoms with Gasteiger partial charge in [-0.3, -0.25) is 9.00 Å². The smallest absolute Gasteiger partial charge is 0.175 e. The van der Waals surface area contributed by atoms with Crippen LogP contribution in [0.5, 0.6) is 5.75 Å². The third kappa shape index (κ3) is 3.32. The van der Waals surface area contributed by atoms with Crippen LogP contribution in [0.3, 0.4) is 0 Å². The van der Waals surface area contributed by atoms with Gasteiger partial charge in [0.25, 0.3) is 0 Å². The van der Waals surface area contributed by atoms with Crippen molar-refractivity contribution in [3.8, 4) is 5.75 Å². The minimum absolute atomic E-state index is 0.0165. The van der Waals surface area contributed by atoms with Crippen LogP contribution in [-0.2, 0) is 10.8 Å². The van der Waals surface area contributed by atoms with Crippen molar-refractivity contribution in [1.29, 1.82) is 0 Å². The third-order valence-electron chi connectivity index (χ3n) is 1.81. The first kappa shape index (κ1) is 12.2. The molecular formula is C10H11ClO3S. The van der Waals surface area contributed by atoms with E-state index in [4.69, 9.17) is 16.3 Å². The lowest BCUT2D eigenvalue weighted by Crippen LogP contribution is -2.09. The van der Waals surface area contributed by atoms with Crippen LogP contribution in [0.15, 0.2) is 18.2 Å². The van der Waals surface area contributed by atoms with Crippen molar-refractivity contribution in [2.45, 2.75) is 0 Å². The molecule has 0 amide bonds. The second-order valence-electron chi connectivity index (χ2n) is 2.99. The van der Waals surface area contributed by atoms with E-state index in [1.807, 2.05) is 0 Å². The average molecular weight is 247 g/mol. The Labute approximate surface area is 95.8 Å². The van der Waals surface area contributed by atoms with E-state index in [0.29, 0.717) is 16.3 Å². The summed E-state index contributed by atoms with van der Waals surface area (Å²) in [6, 6.07) is 4.75. The number of carbonyl (C=O) groups excluding carboxylic acids is 1. The van der Waals surface area contributed by atoms with Crippen molar-refractivity contribution >= 4 is 28.2 Å². The molecule has 0 aromatic heterocycles. The van der Waals surface area contributed by atoms with Gasteiger partial charge >= 0.3 is 0 Å². The molecule has 5 heteroatoms. The molecule has 3 nitrogen and oxygen atoms in total. The number of Topliss-reactive ketones (excluding diaryl/α,β-unsaturated/α-hetero) is 1. The van der Waals surface area contributed by atoms with Crippen LogP contribution < -0.4 is 4.74 Å². The summed E-state index contributed by atoms with van der Waals surface area (Å²) in [5.74, 6) is 0.356. The lowest BCUT2D eigenvalue weighted by atomic mass is 10.1. The van der Waals surface area contributed by atoms with Crippen LogP contribution in [0.1, 0.15) is 10.4 Å². The zero-order valence-electron chi connectivity index (χ0n) is 8.45. The Morgan fingerprint density at radius 2 is 2.20 bits per heavy atom. The van der Waals surface area contributed by atoms with Crippen LogP contribution in [0.25, 0.3) is 0 Å². The van der Waals surface area contributed by atoms with E-state index in [9.17, 15) is 9.00 Å². The number of halogens is 1. The van der Waals surface area contributed by atoms with E-state index in [1.54, 1.807) is 12.1 Å². The van der Waals surface area contributed by atoms with Crippen LogP contribution in [-0.4, -0.2) is 29.1 Å². The molecule has 1 aromatic rings. The van der Waals surface area contributed by atoms with Gasteiger partial charge in [0.2, 0.25) is 0 Å². The largest absolute Gasteiger partial charge is 0.495 e. The minimum Gasteiger partial charge on any atom is -0.495 e. The van der Waals surface area contributed by atoms with E-state index in [1.165, 1.54) is 19.4 Å². The Morgan fingerprint density at radius 1 is 1.53 bits per heavy atom. The Hall–Kier alpha value is -0.870. The van der Waals surface area contributed by atoms with Crippen molar-refractivity contribution in [1.82, 2.24) is 0 Å². The number of ether oxygens (including phenoxy) is 1. The van der Waals surface area contributed by atoms with E-state index in [-0.39, 0.29) is 11.5 Å². The highest BCUT2D eigenvalue weighted by Gasteiger charge is 2.10. The van der Waals surface area contributed by atoms with Crippen LogP contribution >= 0.6 is 11.6 Å². The molecule has 1 aromatic carbocycles. The maximum Gasteiger partial charge on any atom is 0.175 e. The lowest BCUT2D eigenvalue weighted by Gasteiger charge is -2.04. The molecule has 0 N–H and O–H groups in total. The summed E-state index contributed by atoms with van der Waals surface area (Å²) in [6.45, 7) is 0. The summed E-state index contributed by atoms with van der Waals surface area (Å²) < 4.78 is 15.8. The van der Waals surface area contributed by atoms with E-state index in [0.717, 1.165) is 0 Å². The number of hydrogen-bond donors (Lipinski definition) is 0. The molecule has 15 heavy (non-hydrogen) atoms. The molecule has 0 saturated heterocycles. The summed E-state index contributed by atoms with van der Waals surface area (Å²) >= 11 is 5.86. The third-order valence-corrected chi connectivity index (χ3v) is 2.77. The summed E-state index contributed by atoms with van der Waals surface area (Å²) in [4.78, 5) is 11.5. The quantitative estimate of drug-likeness (QED) is 0.763. The van der Waals surface area contributed by atoms with Gasteiger partial charge in [-0.2, -0.15) is 0 Å². The van der Waals surface area contributed by atoms with Gasteiger partial charge in [0.1, 0.15) is 5.75 Å².